The van der Waals surface area contributed by atoms with Crippen LogP contribution in [0.4, 0.5) is 10.5 Å². The molecule has 1 saturated heterocycles. The number of nitrogens with one attached hydrogen (secondary N) is 1. The third-order valence-electron chi connectivity index (χ3n) is 2.97. The zero-order valence-electron chi connectivity index (χ0n) is 11.2. The maximum Gasteiger partial charge on any atom is 0.290 e. The Morgan fingerprint density at radius 2 is 2.04 bits per heavy atom. The minimum absolute atomic E-state index is 0.0351. The van der Waals surface area contributed by atoms with Gasteiger partial charge in [0.05, 0.1) is 9.83 Å². The number of nitro groups is 1. The molecule has 0 unspecified atom stereocenters. The number of non-ortho nitro benzene ring substituents is 1. The fourth-order valence-electron chi connectivity index (χ4n) is 1.94. The Labute approximate surface area is 142 Å². The Kier molecular flexibility index (Phi) is 4.05. The van der Waals surface area contributed by atoms with E-state index < -0.39 is 16.1 Å². The van der Waals surface area contributed by atoms with Crippen LogP contribution in [-0.2, 0) is 4.79 Å². The number of amides is 2. The van der Waals surface area contributed by atoms with Crippen molar-refractivity contribution in [2.75, 3.05) is 0 Å². The molecule has 1 aromatic heterocycles. The lowest BCUT2D eigenvalue weighted by Gasteiger charge is -2.00. The Bertz CT molecular complexity index is 874. The number of nitrogens with zero attached hydrogens (tertiary/aromatic N) is 1. The second kappa shape index (κ2) is 6.01. The monoisotopic (exact) mass is 394 g/mol. The molecule has 1 aliphatic rings. The lowest BCUT2D eigenvalue weighted by Crippen LogP contribution is -2.17. The van der Waals surface area contributed by atoms with Gasteiger partial charge in [-0.1, -0.05) is 0 Å². The lowest BCUT2D eigenvalue weighted by molar-refractivity contribution is -0.384. The Hall–Kier alpha value is -2.39. The molecule has 9 heteroatoms. The van der Waals surface area contributed by atoms with E-state index in [4.69, 9.17) is 4.42 Å². The summed E-state index contributed by atoms with van der Waals surface area (Å²) in [5.74, 6) is 0.417. The number of halogens is 1. The highest BCUT2D eigenvalue weighted by atomic mass is 79.9. The molecule has 116 valence electrons. The molecule has 3 rings (SSSR count). The normalized spacial score (nSPS) is 16.0. The first kappa shape index (κ1) is 15.5. The van der Waals surface area contributed by atoms with Crippen molar-refractivity contribution < 1.29 is 18.9 Å². The average Bonchev–Trinajstić information content (AvgIpc) is 3.06. The van der Waals surface area contributed by atoms with Crippen molar-refractivity contribution >= 4 is 50.6 Å². The Morgan fingerprint density at radius 3 is 2.65 bits per heavy atom. The van der Waals surface area contributed by atoms with Gasteiger partial charge in [0, 0.05) is 28.2 Å². The molecule has 0 spiro atoms. The molecule has 23 heavy (non-hydrogen) atoms. The fraction of sp³-hybridized carbons (Fsp3) is 0. The molecule has 0 aliphatic carbocycles. The molecule has 1 aromatic carbocycles. The van der Waals surface area contributed by atoms with Crippen molar-refractivity contribution in [3.8, 4) is 11.3 Å². The van der Waals surface area contributed by atoms with E-state index in [1.807, 2.05) is 0 Å². The molecule has 7 nitrogen and oxygen atoms in total. The minimum atomic E-state index is -0.487. The van der Waals surface area contributed by atoms with Crippen LogP contribution in [0.3, 0.4) is 0 Å². The molecular formula is C14H7BrN2O5S. The van der Waals surface area contributed by atoms with Crippen LogP contribution >= 0.6 is 27.7 Å². The molecular weight excluding hydrogens is 388 g/mol. The predicted octanol–water partition coefficient (Wildman–Crippen LogP) is 3.94. The number of nitro benzene ring substituents is 1. The molecule has 2 amide bonds. The van der Waals surface area contributed by atoms with Gasteiger partial charge in [-0.3, -0.25) is 25.0 Å². The Morgan fingerprint density at radius 1 is 1.26 bits per heavy atom. The van der Waals surface area contributed by atoms with E-state index >= 15 is 0 Å². The quantitative estimate of drug-likeness (QED) is 0.480. The average molecular weight is 395 g/mol. The smallest absolute Gasteiger partial charge is 0.290 e. The van der Waals surface area contributed by atoms with E-state index in [0.717, 1.165) is 11.8 Å². The van der Waals surface area contributed by atoms with Crippen LogP contribution in [0.15, 0.2) is 44.1 Å². The van der Waals surface area contributed by atoms with E-state index in [0.29, 0.717) is 21.6 Å². The van der Waals surface area contributed by atoms with Crippen LogP contribution in [0.25, 0.3) is 17.4 Å². The molecule has 2 aromatic rings. The van der Waals surface area contributed by atoms with Crippen molar-refractivity contribution in [2.45, 2.75) is 0 Å². The van der Waals surface area contributed by atoms with Crippen LogP contribution in [0.5, 0.6) is 0 Å². The minimum Gasteiger partial charge on any atom is -0.457 e. The number of rotatable bonds is 3. The number of imide groups is 1. The zero-order chi connectivity index (χ0) is 16.6. The van der Waals surface area contributed by atoms with Gasteiger partial charge in [-0.05, 0) is 45.9 Å². The van der Waals surface area contributed by atoms with Crippen LogP contribution in [0.2, 0.25) is 0 Å². The first-order chi connectivity index (χ1) is 10.9. The van der Waals surface area contributed by atoms with Gasteiger partial charge >= 0.3 is 0 Å². The molecule has 0 atom stereocenters. The topological polar surface area (TPSA) is 102 Å². The predicted molar refractivity (Wildman–Crippen MR) is 87.6 cm³/mol. The summed E-state index contributed by atoms with van der Waals surface area (Å²) in [5, 5.41) is 12.5. The second-order valence-corrected chi connectivity index (χ2v) is 6.34. The zero-order valence-corrected chi connectivity index (χ0v) is 13.6. The molecule has 1 aliphatic heterocycles. The Balaban J connectivity index is 1.91. The van der Waals surface area contributed by atoms with Gasteiger partial charge in [0.1, 0.15) is 11.5 Å². The van der Waals surface area contributed by atoms with Crippen molar-refractivity contribution in [3.63, 3.8) is 0 Å². The first-order valence-electron chi connectivity index (χ1n) is 6.23. The number of carbonyl (C=O) groups is 2. The van der Waals surface area contributed by atoms with Crippen molar-refractivity contribution in [1.82, 2.24) is 5.32 Å². The van der Waals surface area contributed by atoms with E-state index in [9.17, 15) is 19.7 Å². The number of benzene rings is 1. The molecule has 2 heterocycles. The third kappa shape index (κ3) is 3.20. The van der Waals surface area contributed by atoms with Gasteiger partial charge in [0.25, 0.3) is 16.8 Å². The fourth-order valence-corrected chi connectivity index (χ4v) is 3.17. The first-order valence-corrected chi connectivity index (χ1v) is 7.84. The standard InChI is InChI=1S/C14H7BrN2O5S/c15-10-5-7(17(20)21)1-3-9(10)11-4-2-8(22-11)6-12-13(18)16-14(19)23-12/h1-6H,(H,16,18,19)/b12-6+. The molecule has 0 saturated carbocycles. The summed E-state index contributed by atoms with van der Waals surface area (Å²) < 4.78 is 6.13. The highest BCUT2D eigenvalue weighted by molar-refractivity contribution is 9.10. The highest BCUT2D eigenvalue weighted by Gasteiger charge is 2.25. The van der Waals surface area contributed by atoms with Gasteiger partial charge in [0.15, 0.2) is 0 Å². The van der Waals surface area contributed by atoms with Gasteiger partial charge in [0.2, 0.25) is 0 Å². The van der Waals surface area contributed by atoms with E-state index in [-0.39, 0.29) is 10.6 Å². The molecule has 1 fully saturated rings. The summed E-state index contributed by atoms with van der Waals surface area (Å²) >= 11 is 4.07. The molecule has 0 bridgehead atoms. The number of thioether (sulfide) groups is 1. The van der Waals surface area contributed by atoms with Crippen LogP contribution in [0.1, 0.15) is 5.76 Å². The summed E-state index contributed by atoms with van der Waals surface area (Å²) in [6, 6.07) is 7.65. The van der Waals surface area contributed by atoms with Crippen molar-refractivity contribution in [2.24, 2.45) is 0 Å². The maximum absolute atomic E-state index is 11.5. The van der Waals surface area contributed by atoms with E-state index in [1.165, 1.54) is 18.2 Å². The lowest BCUT2D eigenvalue weighted by atomic mass is 10.1. The summed E-state index contributed by atoms with van der Waals surface area (Å²) in [4.78, 5) is 33.1. The number of carbonyl (C=O) groups excluding carboxylic acids is 2. The van der Waals surface area contributed by atoms with Gasteiger partial charge in [-0.25, -0.2) is 0 Å². The maximum atomic E-state index is 11.5. The highest BCUT2D eigenvalue weighted by Crippen LogP contribution is 2.34. The largest absolute Gasteiger partial charge is 0.457 e. The summed E-state index contributed by atoms with van der Waals surface area (Å²) in [5.41, 5.74) is 0.604. The van der Waals surface area contributed by atoms with Crippen LogP contribution < -0.4 is 5.32 Å². The SMILES string of the molecule is O=C1NC(=O)/C(=C\c2ccc(-c3ccc([N+](=O)[O-])cc3Br)o2)S1. The number of hydrogen-bond acceptors (Lipinski definition) is 6. The summed E-state index contributed by atoms with van der Waals surface area (Å²) in [6.45, 7) is 0. The second-order valence-electron chi connectivity index (χ2n) is 4.48. The van der Waals surface area contributed by atoms with E-state index in [2.05, 4.69) is 21.2 Å². The van der Waals surface area contributed by atoms with Crippen molar-refractivity contribution in [3.05, 3.63) is 55.6 Å². The van der Waals surface area contributed by atoms with Gasteiger partial charge < -0.3 is 4.42 Å². The van der Waals surface area contributed by atoms with Crippen LogP contribution in [0, 0.1) is 10.1 Å². The van der Waals surface area contributed by atoms with Crippen LogP contribution in [-0.4, -0.2) is 16.1 Å². The van der Waals surface area contributed by atoms with Crippen molar-refractivity contribution in [1.29, 1.82) is 0 Å². The third-order valence-corrected chi connectivity index (χ3v) is 4.44. The number of furan rings is 1. The molecule has 0 radical (unpaired) electrons. The summed E-state index contributed by atoms with van der Waals surface area (Å²) in [6.07, 6.45) is 1.47. The number of hydrogen-bond donors (Lipinski definition) is 1. The summed E-state index contributed by atoms with van der Waals surface area (Å²) in [7, 11) is 0. The van der Waals surface area contributed by atoms with E-state index in [1.54, 1.807) is 18.2 Å². The van der Waals surface area contributed by atoms with Gasteiger partial charge in [-0.2, -0.15) is 0 Å². The van der Waals surface area contributed by atoms with Gasteiger partial charge in [-0.15, -0.1) is 0 Å². The molecule has 1 N–H and O–H groups in total.